The molecule has 0 aliphatic carbocycles. The number of carbonyl (C=O) groups is 1. The van der Waals surface area contributed by atoms with E-state index < -0.39 is 0 Å². The highest BCUT2D eigenvalue weighted by molar-refractivity contribution is 9.11. The molecular weight excluding hydrogens is 506 g/mol. The number of anilines is 1. The van der Waals surface area contributed by atoms with Crippen molar-refractivity contribution in [2.45, 2.75) is 13.5 Å². The highest BCUT2D eigenvalue weighted by atomic mass is 79.9. The average Bonchev–Trinajstić information content (AvgIpc) is 2.82. The molecule has 0 radical (unpaired) electrons. The first-order valence-electron chi connectivity index (χ1n) is 9.75. The summed E-state index contributed by atoms with van der Waals surface area (Å²) in [6, 6.07) is 21.3. The van der Waals surface area contributed by atoms with Crippen molar-refractivity contribution < 1.29 is 9.53 Å². The van der Waals surface area contributed by atoms with Gasteiger partial charge in [-0.15, -0.1) is 0 Å². The number of rotatable bonds is 7. The fourth-order valence-corrected chi connectivity index (χ4v) is 2.90. The number of hydrogen-bond acceptors (Lipinski definition) is 5. The molecule has 0 aliphatic rings. The topological polar surface area (TPSA) is 90.6 Å². The first-order valence-corrected chi connectivity index (χ1v) is 10.9. The molecule has 9 heteroatoms. The molecule has 166 valence electrons. The molecule has 0 saturated heterocycles. The van der Waals surface area contributed by atoms with Crippen LogP contribution in [0.4, 0.5) is 5.69 Å². The second-order valence-electron chi connectivity index (χ2n) is 6.75. The first kappa shape index (κ1) is 24.0. The quantitative estimate of drug-likeness (QED) is 0.230. The van der Waals surface area contributed by atoms with Crippen molar-refractivity contribution in [2.75, 3.05) is 5.32 Å². The van der Waals surface area contributed by atoms with E-state index in [1.807, 2.05) is 25.1 Å². The lowest BCUT2D eigenvalue weighted by molar-refractivity contribution is -0.115. The molecule has 1 heterocycles. The molecule has 33 heavy (non-hydrogen) atoms. The van der Waals surface area contributed by atoms with E-state index in [1.54, 1.807) is 60.8 Å². The van der Waals surface area contributed by atoms with Crippen molar-refractivity contribution in [3.63, 3.8) is 0 Å². The van der Waals surface area contributed by atoms with Crippen LogP contribution in [0, 0.1) is 11.3 Å². The van der Waals surface area contributed by atoms with Crippen LogP contribution < -0.4 is 10.1 Å². The highest BCUT2D eigenvalue weighted by Crippen LogP contribution is 2.22. The molecule has 0 unspecified atom stereocenters. The maximum Gasteiger partial charge on any atom is 0.220 e. The minimum absolute atomic E-state index is 0.274. The number of nitrogens with one attached hydrogen (secondary N) is 1. The summed E-state index contributed by atoms with van der Waals surface area (Å²) in [5.74, 6) is 1.21. The third kappa shape index (κ3) is 7.45. The zero-order chi connectivity index (χ0) is 23.6. The standard InChI is InChI=1S/C24H19BrClN5O2/c1-17(25)14-28-24(31(16-32)15-18-5-7-19(26)8-6-18)30-20-9-11-22(12-10-20)33-23-4-2-3-21(13-27)29-23/h2-12,14,16H,15H2,1H3,(H,28,30)/b17-14+. The molecule has 0 atom stereocenters. The molecule has 1 aromatic heterocycles. The number of hydrogen-bond donors (Lipinski definition) is 1. The van der Waals surface area contributed by atoms with E-state index in [-0.39, 0.29) is 5.69 Å². The Bertz CT molecular complexity index is 1200. The Morgan fingerprint density at radius 3 is 2.58 bits per heavy atom. The minimum Gasteiger partial charge on any atom is -0.439 e. The Kier molecular flexibility index (Phi) is 8.58. The van der Waals surface area contributed by atoms with Gasteiger partial charge in [-0.2, -0.15) is 5.26 Å². The molecule has 0 aliphatic heterocycles. The van der Waals surface area contributed by atoms with Crippen molar-refractivity contribution in [3.05, 3.63) is 93.7 Å². The van der Waals surface area contributed by atoms with Crippen LogP contribution in [-0.4, -0.2) is 22.3 Å². The number of allylic oxidation sites excluding steroid dienone is 1. The van der Waals surface area contributed by atoms with E-state index in [4.69, 9.17) is 21.6 Å². The summed E-state index contributed by atoms with van der Waals surface area (Å²) in [5.41, 5.74) is 1.87. The van der Waals surface area contributed by atoms with Crippen LogP contribution in [0.3, 0.4) is 0 Å². The van der Waals surface area contributed by atoms with E-state index in [0.29, 0.717) is 41.3 Å². The Morgan fingerprint density at radius 2 is 1.94 bits per heavy atom. The number of aliphatic imine (C=N–C) groups is 1. The maximum atomic E-state index is 11.9. The van der Waals surface area contributed by atoms with Crippen LogP contribution in [0.15, 0.2) is 82.4 Å². The summed E-state index contributed by atoms with van der Waals surface area (Å²) in [6.45, 7) is 2.15. The van der Waals surface area contributed by atoms with Crippen LogP contribution >= 0.6 is 27.5 Å². The Balaban J connectivity index is 1.77. The lowest BCUT2D eigenvalue weighted by atomic mass is 10.2. The number of amides is 1. The summed E-state index contributed by atoms with van der Waals surface area (Å²) in [4.78, 5) is 21.8. The van der Waals surface area contributed by atoms with Gasteiger partial charge in [-0.25, -0.2) is 9.98 Å². The third-order valence-electron chi connectivity index (χ3n) is 4.20. The molecule has 0 saturated carbocycles. The van der Waals surface area contributed by atoms with Crippen molar-refractivity contribution in [1.29, 1.82) is 5.26 Å². The van der Waals surface area contributed by atoms with Gasteiger partial charge in [0, 0.05) is 27.5 Å². The van der Waals surface area contributed by atoms with E-state index in [2.05, 4.69) is 31.2 Å². The molecule has 0 fully saturated rings. The average molecular weight is 525 g/mol. The van der Waals surface area contributed by atoms with Gasteiger partial charge in [0.15, 0.2) is 0 Å². The molecule has 0 spiro atoms. The zero-order valence-electron chi connectivity index (χ0n) is 17.6. The monoisotopic (exact) mass is 523 g/mol. The van der Waals surface area contributed by atoms with Crippen molar-refractivity contribution in [2.24, 2.45) is 4.99 Å². The number of ether oxygens (including phenoxy) is 1. The molecule has 7 nitrogen and oxygen atoms in total. The van der Waals surface area contributed by atoms with Gasteiger partial charge in [-0.3, -0.25) is 9.69 Å². The Morgan fingerprint density at radius 1 is 1.21 bits per heavy atom. The van der Waals surface area contributed by atoms with Gasteiger partial charge in [0.05, 0.1) is 6.54 Å². The largest absolute Gasteiger partial charge is 0.439 e. The highest BCUT2D eigenvalue weighted by Gasteiger charge is 2.12. The summed E-state index contributed by atoms with van der Waals surface area (Å²) < 4.78 is 6.50. The van der Waals surface area contributed by atoms with Gasteiger partial charge in [0.1, 0.15) is 17.5 Å². The van der Waals surface area contributed by atoms with Crippen molar-refractivity contribution >= 4 is 45.6 Å². The van der Waals surface area contributed by atoms with Crippen molar-refractivity contribution in [1.82, 2.24) is 9.88 Å². The van der Waals surface area contributed by atoms with E-state index in [0.717, 1.165) is 10.0 Å². The lowest BCUT2D eigenvalue weighted by Crippen LogP contribution is -2.34. The van der Waals surface area contributed by atoms with Crippen LogP contribution in [-0.2, 0) is 11.3 Å². The molecular formula is C24H19BrClN5O2. The smallest absolute Gasteiger partial charge is 0.220 e. The van der Waals surface area contributed by atoms with Crippen molar-refractivity contribution in [3.8, 4) is 17.7 Å². The number of aromatic nitrogens is 1. The Labute approximate surface area is 205 Å². The predicted molar refractivity (Wildman–Crippen MR) is 132 cm³/mol. The third-order valence-corrected chi connectivity index (χ3v) is 4.66. The van der Waals surface area contributed by atoms with Gasteiger partial charge >= 0.3 is 0 Å². The number of guanidine groups is 1. The zero-order valence-corrected chi connectivity index (χ0v) is 19.9. The molecule has 1 N–H and O–H groups in total. The van der Waals surface area contributed by atoms with Crippen LogP contribution in [0.5, 0.6) is 11.6 Å². The SMILES string of the molecule is C/C(Br)=C\N=C(Nc1ccc(Oc2cccc(C#N)n2)cc1)N(C=O)Cc1ccc(Cl)cc1. The van der Waals surface area contributed by atoms with Gasteiger partial charge in [0.25, 0.3) is 0 Å². The van der Waals surface area contributed by atoms with E-state index in [1.165, 1.54) is 4.90 Å². The fraction of sp³-hybridized carbons (Fsp3) is 0.0833. The molecule has 3 rings (SSSR count). The van der Waals surface area contributed by atoms with Gasteiger partial charge < -0.3 is 10.1 Å². The van der Waals surface area contributed by atoms with E-state index >= 15 is 0 Å². The number of halogens is 2. The molecule has 0 bridgehead atoms. The second-order valence-corrected chi connectivity index (χ2v) is 8.44. The predicted octanol–water partition coefficient (Wildman–Crippen LogP) is 6.08. The van der Waals surface area contributed by atoms with Gasteiger partial charge in [-0.05, 0) is 55.0 Å². The van der Waals surface area contributed by atoms with Gasteiger partial charge in [-0.1, -0.05) is 45.7 Å². The minimum atomic E-state index is 0.274. The molecule has 3 aromatic rings. The number of nitrogens with zero attached hydrogens (tertiary/aromatic N) is 4. The normalized spacial score (nSPS) is 11.5. The van der Waals surface area contributed by atoms with Gasteiger partial charge in [0.2, 0.25) is 18.2 Å². The molecule has 1 amide bonds. The van der Waals surface area contributed by atoms with Crippen LogP contribution in [0.1, 0.15) is 18.2 Å². The summed E-state index contributed by atoms with van der Waals surface area (Å²) >= 11 is 9.30. The summed E-state index contributed by atoms with van der Waals surface area (Å²) in [5, 5.41) is 12.8. The number of carbonyl (C=O) groups excluding carboxylic acids is 1. The fourth-order valence-electron chi connectivity index (χ4n) is 2.67. The van der Waals surface area contributed by atoms with E-state index in [9.17, 15) is 4.79 Å². The number of pyridine rings is 1. The number of benzene rings is 2. The van der Waals surface area contributed by atoms with Crippen LogP contribution in [0.25, 0.3) is 0 Å². The lowest BCUT2D eigenvalue weighted by Gasteiger charge is -2.21. The molecule has 2 aromatic carbocycles. The number of nitriles is 1. The van der Waals surface area contributed by atoms with Crippen LogP contribution in [0.2, 0.25) is 5.02 Å². The second kappa shape index (κ2) is 11.8. The Hall–Kier alpha value is -3.67. The first-order chi connectivity index (χ1) is 16.0. The summed E-state index contributed by atoms with van der Waals surface area (Å²) in [6.07, 6.45) is 2.31. The maximum absolute atomic E-state index is 11.9. The summed E-state index contributed by atoms with van der Waals surface area (Å²) in [7, 11) is 0.